The normalized spacial score (nSPS) is 40.9. The fourth-order valence-electron chi connectivity index (χ4n) is 2.99. The van der Waals surface area contributed by atoms with E-state index in [1.165, 1.54) is 0 Å². The molecule has 4 atom stereocenters. The van der Waals surface area contributed by atoms with Crippen molar-refractivity contribution in [3.05, 3.63) is 0 Å². The van der Waals surface area contributed by atoms with Crippen LogP contribution in [-0.2, 0) is 18.1 Å². The average molecular weight is 787 g/mol. The van der Waals surface area contributed by atoms with Gasteiger partial charge in [0.2, 0.25) is 0 Å². The van der Waals surface area contributed by atoms with Gasteiger partial charge in [0.25, 0.3) is 32.2 Å². The standard InChI is InChI=1S/C12H25Cl8N6O4P6/c13-31(14)21-33(17)25-35(19,23-31)29-11-7-3-4-8-12-30-36(20)24-32(15,16)22-34(18,26-36)28-10-6-2-1-5-9-27-33/h21H,1-12H2/q+1/t33-,34-,35?,36+/m1/s1. The minimum absolute atomic E-state index is 0.292. The number of nitrogens with zero attached hydrogens (tertiary/aromatic N) is 5. The summed E-state index contributed by atoms with van der Waals surface area (Å²) in [7, 11) is -3.16. The first-order chi connectivity index (χ1) is 16.7. The predicted octanol–water partition coefficient (Wildman–Crippen LogP) is 14.1. The van der Waals surface area contributed by atoms with E-state index in [4.69, 9.17) is 108 Å². The Morgan fingerprint density at radius 3 is 1.67 bits per heavy atom. The summed E-state index contributed by atoms with van der Waals surface area (Å²) in [5, 5.41) is 0. The summed E-state index contributed by atoms with van der Waals surface area (Å²) in [6.07, 6.45) is 6.02. The molecule has 3 aliphatic heterocycles. The Balaban J connectivity index is 1.68. The Morgan fingerprint density at radius 2 is 1.08 bits per heavy atom. The van der Waals surface area contributed by atoms with Crippen LogP contribution < -0.4 is 4.86 Å². The minimum atomic E-state index is -3.19. The lowest BCUT2D eigenvalue weighted by atomic mass is 10.2. The van der Waals surface area contributed by atoms with Gasteiger partial charge in [-0.1, -0.05) is 25.7 Å². The molecule has 1 N–H and O–H groups in total. The van der Waals surface area contributed by atoms with Gasteiger partial charge in [0.1, 0.15) is 0 Å². The summed E-state index contributed by atoms with van der Waals surface area (Å²) in [6.45, 7) is -8.22. The second kappa shape index (κ2) is 14.4. The molecule has 0 fully saturated rings. The van der Waals surface area contributed by atoms with Crippen molar-refractivity contribution in [3.63, 3.8) is 0 Å². The monoisotopic (exact) mass is 783 g/mol. The van der Waals surface area contributed by atoms with Crippen LogP contribution in [0.15, 0.2) is 22.6 Å². The quantitative estimate of drug-likeness (QED) is 0.246. The zero-order valence-electron chi connectivity index (χ0n) is 18.6. The molecule has 4 bridgehead atoms. The van der Waals surface area contributed by atoms with Crippen LogP contribution in [-0.4, -0.2) is 26.4 Å². The summed E-state index contributed by atoms with van der Waals surface area (Å²) < 4.78 is 44.5. The van der Waals surface area contributed by atoms with Gasteiger partial charge in [0.15, 0.2) is 11.2 Å². The summed E-state index contributed by atoms with van der Waals surface area (Å²) in [6, 6.07) is 0. The van der Waals surface area contributed by atoms with Gasteiger partial charge in [-0.3, -0.25) is 0 Å². The van der Waals surface area contributed by atoms with E-state index < -0.39 is 39.3 Å². The van der Waals surface area contributed by atoms with E-state index in [2.05, 4.69) is 27.4 Å². The van der Waals surface area contributed by atoms with Gasteiger partial charge in [0.05, 0.1) is 26.4 Å². The number of hydrogen-bond donors (Lipinski definition) is 1. The third-order valence-corrected chi connectivity index (χ3v) is 28.4. The van der Waals surface area contributed by atoms with Crippen LogP contribution >= 0.6 is 129 Å². The molecule has 10 nitrogen and oxygen atoms in total. The molecule has 3 aliphatic rings. The van der Waals surface area contributed by atoms with Crippen molar-refractivity contribution in [1.29, 1.82) is 0 Å². The summed E-state index contributed by atoms with van der Waals surface area (Å²) in [4.78, 5) is 2.83. The van der Waals surface area contributed by atoms with Crippen LogP contribution in [0.1, 0.15) is 51.4 Å². The van der Waals surface area contributed by atoms with Gasteiger partial charge in [-0.15, -0.1) is 0 Å². The van der Waals surface area contributed by atoms with Crippen molar-refractivity contribution < 1.29 is 18.1 Å². The number of fused-ring (bicyclic) bond motifs is 2. The van der Waals surface area contributed by atoms with Crippen molar-refractivity contribution in [2.45, 2.75) is 51.4 Å². The third kappa shape index (κ3) is 11.8. The Kier molecular flexibility index (Phi) is 13.7. The molecule has 24 heteroatoms. The van der Waals surface area contributed by atoms with Crippen molar-refractivity contribution >= 4 is 129 Å². The van der Waals surface area contributed by atoms with E-state index in [0.29, 0.717) is 52.1 Å². The Labute approximate surface area is 250 Å². The second-order valence-electron chi connectivity index (χ2n) is 7.57. The highest BCUT2D eigenvalue weighted by atomic mass is 35.9. The van der Waals surface area contributed by atoms with Crippen LogP contribution in [0.2, 0.25) is 0 Å². The van der Waals surface area contributed by atoms with Gasteiger partial charge in [-0.05, 0) is 113 Å². The molecule has 0 saturated heterocycles. The summed E-state index contributed by atoms with van der Waals surface area (Å²) in [5.41, 5.74) is 0. The van der Waals surface area contributed by atoms with E-state index in [1.54, 1.807) is 0 Å². The van der Waals surface area contributed by atoms with Gasteiger partial charge in [-0.25, -0.2) is 0 Å². The van der Waals surface area contributed by atoms with Gasteiger partial charge >= 0.3 is 7.14 Å². The molecule has 3 heterocycles. The zero-order valence-corrected chi connectivity index (χ0v) is 30.0. The minimum Gasteiger partial charge on any atom is -0.319 e. The maximum Gasteiger partial charge on any atom is 0.491 e. The molecule has 36 heavy (non-hydrogen) atoms. The van der Waals surface area contributed by atoms with E-state index in [9.17, 15) is 0 Å². The first-order valence-corrected chi connectivity index (χ1v) is 27.9. The highest BCUT2D eigenvalue weighted by Crippen LogP contribution is 2.87. The fraction of sp³-hybridized carbons (Fsp3) is 1.00. The maximum absolute atomic E-state index is 6.60. The number of nitrogens with one attached hydrogen (secondary N) is 1. The van der Waals surface area contributed by atoms with E-state index >= 15 is 0 Å². The topological polar surface area (TPSA) is 111 Å². The predicted molar refractivity (Wildman–Crippen MR) is 164 cm³/mol. The zero-order chi connectivity index (χ0) is 26.6. The smallest absolute Gasteiger partial charge is 0.319 e. The molecule has 0 aromatic rings. The van der Waals surface area contributed by atoms with Crippen molar-refractivity contribution in [3.8, 4) is 0 Å². The van der Waals surface area contributed by atoms with Crippen LogP contribution in [0.4, 0.5) is 0 Å². The highest BCUT2D eigenvalue weighted by Gasteiger charge is 2.51. The van der Waals surface area contributed by atoms with Crippen LogP contribution in [0.25, 0.3) is 0 Å². The second-order valence-corrected chi connectivity index (χ2v) is 30.8. The van der Waals surface area contributed by atoms with Crippen LogP contribution in [0, 0.1) is 0 Å². The van der Waals surface area contributed by atoms with E-state index in [0.717, 1.165) is 25.7 Å². The maximum atomic E-state index is 6.60. The molecule has 1 unspecified atom stereocenters. The van der Waals surface area contributed by atoms with Gasteiger partial charge in [0, 0.05) is 0 Å². The summed E-state index contributed by atoms with van der Waals surface area (Å²) in [5.74, 6) is -6.19. The molecular weight excluding hydrogens is 762 g/mol. The molecule has 212 valence electrons. The molecule has 0 radical (unpaired) electrons. The molecule has 0 saturated carbocycles. The Hall–Kier alpha value is 3.70. The van der Waals surface area contributed by atoms with Crippen LogP contribution in [0.3, 0.4) is 0 Å². The fourth-order valence-corrected chi connectivity index (χ4v) is 33.5. The van der Waals surface area contributed by atoms with Crippen molar-refractivity contribution in [1.82, 2.24) is 4.86 Å². The van der Waals surface area contributed by atoms with E-state index in [1.807, 2.05) is 0 Å². The molecule has 0 aliphatic carbocycles. The lowest BCUT2D eigenvalue weighted by molar-refractivity contribution is 0.309. The molecule has 0 aromatic heterocycles. The molecule has 0 amide bonds. The van der Waals surface area contributed by atoms with E-state index in [-0.39, 0.29) is 0 Å². The lowest BCUT2D eigenvalue weighted by Crippen LogP contribution is -2.07. The van der Waals surface area contributed by atoms with Gasteiger partial charge < -0.3 is 13.6 Å². The molecule has 3 rings (SSSR count). The largest absolute Gasteiger partial charge is 0.491 e. The first-order valence-electron chi connectivity index (χ1n) is 10.7. The number of rotatable bonds is 0. The van der Waals surface area contributed by atoms with Crippen molar-refractivity contribution in [2.24, 2.45) is 22.6 Å². The number of hydrogen-bond acceptors (Lipinski definition) is 10. The highest BCUT2D eigenvalue weighted by molar-refractivity contribution is 8.19. The molecular formula is C12H25Cl8N6O4P6+. The SMILES string of the molecule is ClP1(Cl)=N[P@]2(Cl)=N[P@](Cl)(=N1)OCCCCCCO[P+]1(Cl)N=P(Cl)(Cl)N[P@](Cl)(=N1)OCCCCCCO2. The van der Waals surface area contributed by atoms with Gasteiger partial charge in [-0.2, -0.15) is 22.9 Å². The Bertz CT molecular complexity index is 1090. The lowest BCUT2D eigenvalue weighted by Gasteiger charge is -2.25. The van der Waals surface area contributed by atoms with Crippen molar-refractivity contribution in [2.75, 3.05) is 26.4 Å². The Morgan fingerprint density at radius 1 is 0.583 bits per heavy atom. The number of halogens is 8. The molecule has 0 spiro atoms. The van der Waals surface area contributed by atoms with Crippen LogP contribution in [0.5, 0.6) is 0 Å². The average Bonchev–Trinajstić information content (AvgIpc) is 2.67. The third-order valence-electron chi connectivity index (χ3n) is 4.45. The summed E-state index contributed by atoms with van der Waals surface area (Å²) >= 11 is 51.4. The molecule has 0 aromatic carbocycles. The first kappa shape index (κ1) is 34.2.